The van der Waals surface area contributed by atoms with Gasteiger partial charge in [0.05, 0.1) is 11.8 Å². The van der Waals surface area contributed by atoms with Crippen LogP contribution in [0, 0.1) is 0 Å². The summed E-state index contributed by atoms with van der Waals surface area (Å²) in [6.07, 6.45) is -5.28. The van der Waals surface area contributed by atoms with Crippen LogP contribution in [0.2, 0.25) is 0 Å². The van der Waals surface area contributed by atoms with E-state index in [9.17, 15) is 26.4 Å². The molecule has 0 saturated carbocycles. The predicted octanol–water partition coefficient (Wildman–Crippen LogP) is 1.55. The maximum absolute atomic E-state index is 12.7. The molecule has 0 aliphatic rings. The molecular weight excluding hydrogens is 299 g/mol. The Morgan fingerprint density at radius 3 is 2.35 bits per heavy atom. The quantitative estimate of drug-likeness (QED) is 0.915. The molecule has 1 amide bonds. The van der Waals surface area contributed by atoms with E-state index in [-0.39, 0.29) is 0 Å². The minimum atomic E-state index is -4.64. The van der Waals surface area contributed by atoms with Gasteiger partial charge in [0, 0.05) is 0 Å². The van der Waals surface area contributed by atoms with Gasteiger partial charge in [0.25, 0.3) is 5.91 Å². The lowest BCUT2D eigenvalue weighted by molar-refractivity contribution is -0.140. The highest BCUT2D eigenvalue weighted by atomic mass is 32.2. The number of sulfonamides is 1. The van der Waals surface area contributed by atoms with Crippen molar-refractivity contribution in [2.24, 2.45) is 0 Å². The third-order valence-corrected chi connectivity index (χ3v) is 2.72. The number of alkyl halides is 3. The molecule has 0 bridgehead atoms. The zero-order chi connectivity index (χ0) is 15.6. The number of benzene rings is 1. The molecule has 1 N–H and O–H groups in total. The fourth-order valence-corrected chi connectivity index (χ4v) is 1.84. The second-order valence-electron chi connectivity index (χ2n) is 3.99. The van der Waals surface area contributed by atoms with Gasteiger partial charge in [-0.2, -0.15) is 13.2 Å². The number of para-hydroxylation sites is 1. The Morgan fingerprint density at radius 1 is 1.30 bits per heavy atom. The first-order valence-electron chi connectivity index (χ1n) is 5.35. The second-order valence-corrected chi connectivity index (χ2v) is 5.74. The Labute approximate surface area is 113 Å². The van der Waals surface area contributed by atoms with Gasteiger partial charge in [-0.1, -0.05) is 12.1 Å². The lowest BCUT2D eigenvalue weighted by atomic mass is 10.2. The summed E-state index contributed by atoms with van der Waals surface area (Å²) < 4.78 is 66.3. The molecule has 1 atom stereocenters. The van der Waals surface area contributed by atoms with E-state index < -0.39 is 39.5 Å². The highest BCUT2D eigenvalue weighted by molar-refractivity contribution is 7.89. The summed E-state index contributed by atoms with van der Waals surface area (Å²) in [5, 5.41) is 0. The van der Waals surface area contributed by atoms with Gasteiger partial charge in [0.15, 0.2) is 6.10 Å². The molecule has 5 nitrogen and oxygen atoms in total. The minimum Gasteiger partial charge on any atom is -0.480 e. The second kappa shape index (κ2) is 5.70. The first-order chi connectivity index (χ1) is 9.00. The maximum Gasteiger partial charge on any atom is 0.419 e. The van der Waals surface area contributed by atoms with Crippen molar-refractivity contribution < 1.29 is 31.1 Å². The fourth-order valence-electron chi connectivity index (χ4n) is 1.31. The van der Waals surface area contributed by atoms with Gasteiger partial charge in [0.2, 0.25) is 10.0 Å². The highest BCUT2D eigenvalue weighted by Gasteiger charge is 2.34. The number of carbonyl (C=O) groups excluding carboxylic acids is 1. The Balaban J connectivity index is 2.92. The monoisotopic (exact) mass is 311 g/mol. The molecule has 9 heteroatoms. The molecule has 1 aromatic rings. The number of halogens is 3. The molecule has 0 spiro atoms. The molecule has 1 rings (SSSR count). The van der Waals surface area contributed by atoms with Crippen molar-refractivity contribution >= 4 is 15.9 Å². The average Bonchev–Trinajstić information content (AvgIpc) is 2.25. The predicted molar refractivity (Wildman–Crippen MR) is 64.5 cm³/mol. The molecule has 1 aromatic carbocycles. The Morgan fingerprint density at radius 2 is 1.85 bits per heavy atom. The zero-order valence-corrected chi connectivity index (χ0v) is 11.4. The van der Waals surface area contributed by atoms with E-state index >= 15 is 0 Å². The van der Waals surface area contributed by atoms with Crippen LogP contribution in [0.25, 0.3) is 0 Å². The standard InChI is InChI=1S/C11H12F3NO4S/c1-7(10(16)15-20(2,17)18)19-9-6-4-3-5-8(9)11(12,13)14/h3-7H,1-2H3,(H,15,16). The van der Waals surface area contributed by atoms with Crippen molar-refractivity contribution in [1.82, 2.24) is 4.72 Å². The van der Waals surface area contributed by atoms with Gasteiger partial charge >= 0.3 is 6.18 Å². The van der Waals surface area contributed by atoms with Crippen molar-refractivity contribution in [3.05, 3.63) is 29.8 Å². The smallest absolute Gasteiger partial charge is 0.419 e. The summed E-state index contributed by atoms with van der Waals surface area (Å²) in [7, 11) is -3.80. The third-order valence-electron chi connectivity index (χ3n) is 2.15. The number of hydrogen-bond donors (Lipinski definition) is 1. The van der Waals surface area contributed by atoms with Crippen molar-refractivity contribution in [3.8, 4) is 5.75 Å². The lowest BCUT2D eigenvalue weighted by Crippen LogP contribution is -2.39. The first-order valence-corrected chi connectivity index (χ1v) is 7.24. The molecule has 112 valence electrons. The third kappa shape index (κ3) is 4.72. The number of amides is 1. The summed E-state index contributed by atoms with van der Waals surface area (Å²) in [5.74, 6) is -1.60. The van der Waals surface area contributed by atoms with Gasteiger partial charge < -0.3 is 4.74 Å². The van der Waals surface area contributed by atoms with Crippen LogP contribution in [0.5, 0.6) is 5.75 Å². The van der Waals surface area contributed by atoms with Gasteiger partial charge in [-0.25, -0.2) is 8.42 Å². The van der Waals surface area contributed by atoms with Crippen molar-refractivity contribution in [3.63, 3.8) is 0 Å². The summed E-state index contributed by atoms with van der Waals surface area (Å²) in [5.41, 5.74) is -1.04. The van der Waals surface area contributed by atoms with Gasteiger partial charge in [-0.3, -0.25) is 9.52 Å². The average molecular weight is 311 g/mol. The highest BCUT2D eigenvalue weighted by Crippen LogP contribution is 2.36. The summed E-state index contributed by atoms with van der Waals surface area (Å²) in [6.45, 7) is 1.15. The number of rotatable bonds is 4. The van der Waals surface area contributed by atoms with Crippen LogP contribution in [-0.2, 0) is 21.0 Å². The normalized spacial score (nSPS) is 13.7. The fraction of sp³-hybridized carbons (Fsp3) is 0.364. The van der Waals surface area contributed by atoms with Crippen LogP contribution in [0.3, 0.4) is 0 Å². The van der Waals surface area contributed by atoms with Crippen LogP contribution in [0.1, 0.15) is 12.5 Å². The van der Waals surface area contributed by atoms with E-state index in [2.05, 4.69) is 0 Å². The van der Waals surface area contributed by atoms with E-state index in [0.29, 0.717) is 0 Å². The molecule has 0 radical (unpaired) electrons. The summed E-state index contributed by atoms with van der Waals surface area (Å²) in [4.78, 5) is 11.4. The van der Waals surface area contributed by atoms with E-state index in [1.54, 1.807) is 4.72 Å². The maximum atomic E-state index is 12.7. The molecule has 0 aliphatic carbocycles. The van der Waals surface area contributed by atoms with Gasteiger partial charge in [-0.15, -0.1) is 0 Å². The van der Waals surface area contributed by atoms with Crippen molar-refractivity contribution in [1.29, 1.82) is 0 Å². The molecule has 0 aromatic heterocycles. The molecule has 0 heterocycles. The zero-order valence-electron chi connectivity index (χ0n) is 10.6. The van der Waals surface area contributed by atoms with Crippen molar-refractivity contribution in [2.45, 2.75) is 19.2 Å². The van der Waals surface area contributed by atoms with Gasteiger partial charge in [0.1, 0.15) is 5.75 Å². The molecule has 1 unspecified atom stereocenters. The molecule has 0 saturated heterocycles. The summed E-state index contributed by atoms with van der Waals surface area (Å²) in [6, 6.07) is 4.34. The van der Waals surface area contributed by atoms with Crippen LogP contribution < -0.4 is 9.46 Å². The SMILES string of the molecule is CC(Oc1ccccc1C(F)(F)F)C(=O)NS(C)(=O)=O. The Kier molecular flexibility index (Phi) is 4.64. The van der Waals surface area contributed by atoms with E-state index in [4.69, 9.17) is 4.74 Å². The molecule has 0 aliphatic heterocycles. The molecule has 20 heavy (non-hydrogen) atoms. The van der Waals surface area contributed by atoms with E-state index in [1.807, 2.05) is 0 Å². The largest absolute Gasteiger partial charge is 0.480 e. The van der Waals surface area contributed by atoms with Crippen LogP contribution >= 0.6 is 0 Å². The lowest BCUT2D eigenvalue weighted by Gasteiger charge is -2.17. The Bertz CT molecular complexity index is 598. The van der Waals surface area contributed by atoms with Crippen molar-refractivity contribution in [2.75, 3.05) is 6.26 Å². The minimum absolute atomic E-state index is 0.545. The van der Waals surface area contributed by atoms with E-state index in [1.165, 1.54) is 12.1 Å². The van der Waals surface area contributed by atoms with Crippen LogP contribution in [0.15, 0.2) is 24.3 Å². The number of ether oxygens (including phenoxy) is 1. The van der Waals surface area contributed by atoms with Gasteiger partial charge in [-0.05, 0) is 19.1 Å². The number of hydrogen-bond acceptors (Lipinski definition) is 4. The van der Waals surface area contributed by atoms with E-state index in [0.717, 1.165) is 25.3 Å². The van der Waals surface area contributed by atoms with Crippen LogP contribution in [0.4, 0.5) is 13.2 Å². The number of carbonyl (C=O) groups is 1. The van der Waals surface area contributed by atoms with Crippen LogP contribution in [-0.4, -0.2) is 26.7 Å². The summed E-state index contributed by atoms with van der Waals surface area (Å²) >= 11 is 0. The Hall–Kier alpha value is -1.77. The topological polar surface area (TPSA) is 72.5 Å². The first kappa shape index (κ1) is 16.3. The molecule has 0 fully saturated rings. The molecular formula is C11H12F3NO4S. The number of nitrogens with one attached hydrogen (secondary N) is 1.